The second kappa shape index (κ2) is 6.20. The van der Waals surface area contributed by atoms with Crippen molar-refractivity contribution in [2.45, 2.75) is 4.90 Å². The van der Waals surface area contributed by atoms with E-state index >= 15 is 0 Å². The van der Waals surface area contributed by atoms with E-state index in [1.807, 2.05) is 73.8 Å². The Morgan fingerprint density at radius 1 is 0.708 bits per heavy atom. The van der Waals surface area contributed by atoms with Crippen molar-refractivity contribution >= 4 is 27.2 Å². The number of rotatable bonds is 4. The largest absolute Gasteiger partial charge is 0.294 e. The predicted molar refractivity (Wildman–Crippen MR) is 96.2 cm³/mol. The molecule has 122 valence electrons. The SMILES string of the molecule is C[N+](c1ccccc1)(c1ccccc1)c1cccc(S(=O)(=O)O)c1. The van der Waals surface area contributed by atoms with Gasteiger partial charge in [0.2, 0.25) is 0 Å². The van der Waals surface area contributed by atoms with Gasteiger partial charge in [-0.25, -0.2) is 4.48 Å². The molecule has 1 N–H and O–H groups in total. The summed E-state index contributed by atoms with van der Waals surface area (Å²) in [4.78, 5) is -0.115. The molecule has 24 heavy (non-hydrogen) atoms. The Labute approximate surface area is 142 Å². The van der Waals surface area contributed by atoms with Gasteiger partial charge in [-0.1, -0.05) is 42.5 Å². The number of benzene rings is 3. The van der Waals surface area contributed by atoms with E-state index in [0.29, 0.717) is 0 Å². The summed E-state index contributed by atoms with van der Waals surface area (Å²) in [6.07, 6.45) is 0. The van der Waals surface area contributed by atoms with Gasteiger partial charge in [0, 0.05) is 12.1 Å². The standard InChI is InChI=1S/C19H17NO3S/c1-20(16-9-4-2-5-10-16,17-11-6-3-7-12-17)18-13-8-14-19(15-18)24(21,22)23/h2-15H,1H3/p+1. The van der Waals surface area contributed by atoms with E-state index in [2.05, 4.69) is 0 Å². The molecule has 0 amide bonds. The van der Waals surface area contributed by atoms with E-state index in [1.165, 1.54) is 12.1 Å². The summed E-state index contributed by atoms with van der Waals surface area (Å²) in [6.45, 7) is 0. The van der Waals surface area contributed by atoms with Gasteiger partial charge in [-0.15, -0.1) is 0 Å². The summed E-state index contributed by atoms with van der Waals surface area (Å²) in [6, 6.07) is 26.0. The minimum Gasteiger partial charge on any atom is -0.282 e. The van der Waals surface area contributed by atoms with Crippen LogP contribution in [0.1, 0.15) is 0 Å². The first kappa shape index (κ1) is 16.4. The summed E-state index contributed by atoms with van der Waals surface area (Å²) in [7, 11) is -2.27. The van der Waals surface area contributed by atoms with Gasteiger partial charge < -0.3 is 0 Å². The van der Waals surface area contributed by atoms with Gasteiger partial charge in [-0.2, -0.15) is 8.42 Å². The summed E-state index contributed by atoms with van der Waals surface area (Å²) in [5.74, 6) is 0. The molecule has 0 aromatic heterocycles. The Hall–Kier alpha value is -2.47. The maximum atomic E-state index is 11.5. The van der Waals surface area contributed by atoms with Crippen molar-refractivity contribution in [3.63, 3.8) is 0 Å². The lowest BCUT2D eigenvalue weighted by atomic mass is 10.1. The molecule has 0 saturated carbocycles. The zero-order valence-corrected chi connectivity index (χ0v) is 14.0. The molecule has 0 radical (unpaired) electrons. The van der Waals surface area contributed by atoms with Crippen LogP contribution in [0.4, 0.5) is 17.1 Å². The molecule has 0 unspecified atom stereocenters. The molecule has 0 spiro atoms. The number of hydrogen-bond acceptors (Lipinski definition) is 2. The van der Waals surface area contributed by atoms with Crippen LogP contribution in [-0.2, 0) is 10.1 Å². The quantitative estimate of drug-likeness (QED) is 0.560. The molecular formula is C19H18NO3S+. The first-order valence-electron chi connectivity index (χ1n) is 7.48. The van der Waals surface area contributed by atoms with Gasteiger partial charge in [0.25, 0.3) is 10.1 Å². The smallest absolute Gasteiger partial charge is 0.282 e. The van der Waals surface area contributed by atoms with Crippen LogP contribution in [0.15, 0.2) is 89.8 Å². The fourth-order valence-electron chi connectivity index (χ4n) is 2.82. The molecule has 3 rings (SSSR count). The summed E-state index contributed by atoms with van der Waals surface area (Å²) in [5, 5.41) is 0. The lowest BCUT2D eigenvalue weighted by Crippen LogP contribution is -2.33. The highest BCUT2D eigenvalue weighted by Crippen LogP contribution is 2.41. The van der Waals surface area contributed by atoms with E-state index in [-0.39, 0.29) is 9.38 Å². The van der Waals surface area contributed by atoms with Gasteiger partial charge >= 0.3 is 0 Å². The van der Waals surface area contributed by atoms with Gasteiger partial charge in [0.05, 0.1) is 11.9 Å². The molecule has 4 nitrogen and oxygen atoms in total. The van der Waals surface area contributed by atoms with Crippen molar-refractivity contribution in [3.8, 4) is 0 Å². The van der Waals surface area contributed by atoms with Crippen molar-refractivity contribution in [2.75, 3.05) is 7.05 Å². The van der Waals surface area contributed by atoms with Crippen LogP contribution in [0.3, 0.4) is 0 Å². The van der Waals surface area contributed by atoms with Gasteiger partial charge in [0.15, 0.2) is 0 Å². The molecule has 0 aliphatic rings. The second-order valence-corrected chi connectivity index (χ2v) is 7.07. The van der Waals surface area contributed by atoms with Gasteiger partial charge in [0.1, 0.15) is 17.1 Å². The minimum absolute atomic E-state index is 0.115. The Balaban J connectivity index is 2.28. The maximum absolute atomic E-state index is 11.5. The van der Waals surface area contributed by atoms with E-state index in [4.69, 9.17) is 0 Å². The molecule has 0 aliphatic heterocycles. The Kier molecular flexibility index (Phi) is 4.24. The molecule has 3 aromatic carbocycles. The highest BCUT2D eigenvalue weighted by molar-refractivity contribution is 7.85. The molecule has 0 bridgehead atoms. The second-order valence-electron chi connectivity index (χ2n) is 5.65. The van der Waals surface area contributed by atoms with Gasteiger partial charge in [-0.05, 0) is 30.3 Å². The molecule has 0 atom stereocenters. The Morgan fingerprint density at radius 3 is 1.62 bits per heavy atom. The number of hydrogen-bond donors (Lipinski definition) is 1. The maximum Gasteiger partial charge on any atom is 0.294 e. The first-order valence-corrected chi connectivity index (χ1v) is 8.92. The number of para-hydroxylation sites is 2. The number of nitrogens with zero attached hydrogens (tertiary/aromatic N) is 1. The Bertz CT molecular complexity index is 899. The number of quaternary nitrogens is 1. The molecule has 3 aromatic rings. The molecule has 0 aliphatic carbocycles. The zero-order valence-electron chi connectivity index (χ0n) is 13.2. The van der Waals surface area contributed by atoms with Crippen LogP contribution in [0, 0.1) is 0 Å². The molecular weight excluding hydrogens is 322 g/mol. The van der Waals surface area contributed by atoms with Crippen LogP contribution >= 0.6 is 0 Å². The van der Waals surface area contributed by atoms with Crippen LogP contribution in [0.2, 0.25) is 0 Å². The van der Waals surface area contributed by atoms with Crippen molar-refractivity contribution in [1.29, 1.82) is 0 Å². The van der Waals surface area contributed by atoms with Crippen LogP contribution in [0.5, 0.6) is 0 Å². The van der Waals surface area contributed by atoms with Crippen molar-refractivity contribution < 1.29 is 13.0 Å². The van der Waals surface area contributed by atoms with E-state index in [9.17, 15) is 13.0 Å². The van der Waals surface area contributed by atoms with E-state index in [1.54, 1.807) is 6.07 Å². The van der Waals surface area contributed by atoms with Crippen LogP contribution < -0.4 is 4.48 Å². The Morgan fingerprint density at radius 2 is 1.17 bits per heavy atom. The lowest BCUT2D eigenvalue weighted by molar-refractivity contribution is 0.483. The van der Waals surface area contributed by atoms with Crippen LogP contribution in [0.25, 0.3) is 0 Å². The summed E-state index contributed by atoms with van der Waals surface area (Å²) < 4.78 is 32.7. The highest BCUT2D eigenvalue weighted by atomic mass is 32.2. The zero-order chi connectivity index (χ0) is 17.2. The van der Waals surface area contributed by atoms with E-state index in [0.717, 1.165) is 17.1 Å². The minimum atomic E-state index is -4.26. The normalized spacial score (nSPS) is 12.1. The monoisotopic (exact) mass is 340 g/mol. The topological polar surface area (TPSA) is 54.4 Å². The van der Waals surface area contributed by atoms with Crippen molar-refractivity contribution in [1.82, 2.24) is 4.48 Å². The fourth-order valence-corrected chi connectivity index (χ4v) is 3.34. The molecule has 0 fully saturated rings. The third-order valence-electron chi connectivity index (χ3n) is 4.18. The van der Waals surface area contributed by atoms with E-state index < -0.39 is 10.1 Å². The average molecular weight is 340 g/mol. The van der Waals surface area contributed by atoms with Crippen molar-refractivity contribution in [2.24, 2.45) is 0 Å². The predicted octanol–water partition coefficient (Wildman–Crippen LogP) is 4.53. The molecule has 0 saturated heterocycles. The lowest BCUT2D eigenvalue weighted by Gasteiger charge is -2.33. The fraction of sp³-hybridized carbons (Fsp3) is 0.0526. The molecule has 5 heteroatoms. The van der Waals surface area contributed by atoms with Gasteiger partial charge in [-0.3, -0.25) is 4.55 Å². The molecule has 0 heterocycles. The van der Waals surface area contributed by atoms with Crippen LogP contribution in [-0.4, -0.2) is 20.0 Å². The third-order valence-corrected chi connectivity index (χ3v) is 5.03. The third kappa shape index (κ3) is 2.97. The highest BCUT2D eigenvalue weighted by Gasteiger charge is 2.32. The average Bonchev–Trinajstić information content (AvgIpc) is 2.62. The first-order chi connectivity index (χ1) is 11.4. The summed E-state index contributed by atoms with van der Waals surface area (Å²) >= 11 is 0. The van der Waals surface area contributed by atoms with Crippen molar-refractivity contribution in [3.05, 3.63) is 84.9 Å². The summed E-state index contributed by atoms with van der Waals surface area (Å²) in [5.41, 5.74) is 2.70.